The van der Waals surface area contributed by atoms with Crippen LogP contribution in [0.15, 0.2) is 54.6 Å². The van der Waals surface area contributed by atoms with E-state index in [2.05, 4.69) is 4.90 Å². The second-order valence-corrected chi connectivity index (χ2v) is 7.54. The molecular formula is C25H27N3O4. The fourth-order valence-corrected chi connectivity index (χ4v) is 4.02. The molecule has 0 atom stereocenters. The van der Waals surface area contributed by atoms with Crippen LogP contribution in [0.2, 0.25) is 0 Å². The first-order valence-corrected chi connectivity index (χ1v) is 10.5. The van der Waals surface area contributed by atoms with Crippen molar-refractivity contribution in [3.05, 3.63) is 60.2 Å². The molecule has 1 fully saturated rings. The van der Waals surface area contributed by atoms with Gasteiger partial charge < -0.3 is 29.4 Å². The van der Waals surface area contributed by atoms with Gasteiger partial charge in [-0.05, 0) is 29.7 Å². The van der Waals surface area contributed by atoms with Crippen LogP contribution in [-0.4, -0.2) is 64.0 Å². The van der Waals surface area contributed by atoms with Crippen LogP contribution in [0.1, 0.15) is 5.56 Å². The van der Waals surface area contributed by atoms with Crippen LogP contribution in [-0.2, 0) is 4.79 Å². The first-order valence-electron chi connectivity index (χ1n) is 10.5. The standard InChI is InChI=1S/C25H27N3O4/c1-30-19-8-9-22(24(15-19)31-2)27-11-13-28(14-12-27)25(29)17-32-23-10-7-18(16-26)20-5-3-4-6-21(20)23/h3-10,15-16,26H,11-14,17H2,1-2H3. The van der Waals surface area contributed by atoms with E-state index in [1.54, 1.807) is 14.2 Å². The number of piperazine rings is 1. The number of hydrogen-bond acceptors (Lipinski definition) is 6. The zero-order valence-electron chi connectivity index (χ0n) is 18.3. The van der Waals surface area contributed by atoms with Crippen molar-refractivity contribution >= 4 is 28.6 Å². The van der Waals surface area contributed by atoms with Crippen molar-refractivity contribution in [2.75, 3.05) is 51.9 Å². The topological polar surface area (TPSA) is 75.1 Å². The van der Waals surface area contributed by atoms with Gasteiger partial charge in [0.15, 0.2) is 6.61 Å². The Balaban J connectivity index is 1.38. The number of hydrogen-bond donors (Lipinski definition) is 1. The van der Waals surface area contributed by atoms with E-state index in [1.165, 1.54) is 6.21 Å². The molecule has 1 saturated heterocycles. The number of nitrogens with one attached hydrogen (secondary N) is 1. The van der Waals surface area contributed by atoms with Crippen molar-refractivity contribution < 1.29 is 19.0 Å². The highest BCUT2D eigenvalue weighted by Crippen LogP contribution is 2.33. The summed E-state index contributed by atoms with van der Waals surface area (Å²) in [6, 6.07) is 17.2. The normalized spacial score (nSPS) is 13.7. The van der Waals surface area contributed by atoms with Crippen LogP contribution < -0.4 is 19.1 Å². The smallest absolute Gasteiger partial charge is 0.260 e. The highest BCUT2D eigenvalue weighted by Gasteiger charge is 2.23. The molecule has 166 valence electrons. The van der Waals surface area contributed by atoms with E-state index in [0.717, 1.165) is 33.5 Å². The molecule has 3 aromatic carbocycles. The maximum atomic E-state index is 12.8. The van der Waals surface area contributed by atoms with E-state index in [1.807, 2.05) is 59.5 Å². The Bertz CT molecular complexity index is 1120. The molecule has 0 saturated carbocycles. The van der Waals surface area contributed by atoms with Crippen LogP contribution in [0.5, 0.6) is 17.2 Å². The SMILES string of the molecule is COc1ccc(N2CCN(C(=O)COc3ccc(C=N)c4ccccc34)CC2)c(OC)c1. The summed E-state index contributed by atoms with van der Waals surface area (Å²) in [6.07, 6.45) is 1.33. The number of carbonyl (C=O) groups excluding carboxylic acids is 1. The fourth-order valence-electron chi connectivity index (χ4n) is 4.02. The maximum absolute atomic E-state index is 12.8. The summed E-state index contributed by atoms with van der Waals surface area (Å²) in [6.45, 7) is 2.65. The Labute approximate surface area is 187 Å². The molecule has 1 aliphatic heterocycles. The van der Waals surface area contributed by atoms with E-state index in [-0.39, 0.29) is 12.5 Å². The quantitative estimate of drug-likeness (QED) is 0.577. The van der Waals surface area contributed by atoms with E-state index in [0.29, 0.717) is 31.9 Å². The molecule has 0 aromatic heterocycles. The number of nitrogens with zero attached hydrogens (tertiary/aromatic N) is 2. The largest absolute Gasteiger partial charge is 0.497 e. The summed E-state index contributed by atoms with van der Waals surface area (Å²) < 4.78 is 16.7. The molecule has 1 aliphatic rings. The van der Waals surface area contributed by atoms with Crippen LogP contribution in [0.25, 0.3) is 10.8 Å². The lowest BCUT2D eigenvalue weighted by molar-refractivity contribution is -0.133. The lowest BCUT2D eigenvalue weighted by atomic mass is 10.0. The van der Waals surface area contributed by atoms with Crippen LogP contribution in [0, 0.1) is 5.41 Å². The van der Waals surface area contributed by atoms with Gasteiger partial charge in [0.25, 0.3) is 5.91 Å². The van der Waals surface area contributed by atoms with Gasteiger partial charge in [-0.2, -0.15) is 0 Å². The molecule has 32 heavy (non-hydrogen) atoms. The predicted octanol–water partition coefficient (Wildman–Crippen LogP) is 3.58. The van der Waals surface area contributed by atoms with E-state index in [4.69, 9.17) is 19.6 Å². The van der Waals surface area contributed by atoms with Crippen molar-refractivity contribution in [1.29, 1.82) is 5.41 Å². The zero-order chi connectivity index (χ0) is 22.5. The fraction of sp³-hybridized carbons (Fsp3) is 0.280. The molecule has 0 radical (unpaired) electrons. The van der Waals surface area contributed by atoms with Crippen molar-refractivity contribution in [2.45, 2.75) is 0 Å². The van der Waals surface area contributed by atoms with E-state index < -0.39 is 0 Å². The minimum Gasteiger partial charge on any atom is -0.497 e. The molecule has 7 nitrogen and oxygen atoms in total. The number of carbonyl (C=O) groups is 1. The van der Waals surface area contributed by atoms with E-state index in [9.17, 15) is 4.79 Å². The lowest BCUT2D eigenvalue weighted by Gasteiger charge is -2.36. The molecule has 0 bridgehead atoms. The summed E-state index contributed by atoms with van der Waals surface area (Å²) in [5.41, 5.74) is 1.82. The first kappa shape index (κ1) is 21.5. The number of benzene rings is 3. The Kier molecular flexibility index (Phi) is 6.44. The van der Waals surface area contributed by atoms with Gasteiger partial charge in [-0.15, -0.1) is 0 Å². The minimum absolute atomic E-state index is 0.0141. The molecule has 0 aliphatic carbocycles. The predicted molar refractivity (Wildman–Crippen MR) is 126 cm³/mol. The average Bonchev–Trinajstić information content (AvgIpc) is 2.86. The molecule has 7 heteroatoms. The molecule has 1 heterocycles. The van der Waals surface area contributed by atoms with Gasteiger partial charge in [0.05, 0.1) is 19.9 Å². The van der Waals surface area contributed by atoms with Gasteiger partial charge >= 0.3 is 0 Å². The Hall–Kier alpha value is -3.74. The zero-order valence-corrected chi connectivity index (χ0v) is 18.3. The summed E-state index contributed by atoms with van der Waals surface area (Å²) in [5, 5.41) is 9.42. The average molecular weight is 434 g/mol. The summed E-state index contributed by atoms with van der Waals surface area (Å²) in [4.78, 5) is 16.8. The van der Waals surface area contributed by atoms with Crippen LogP contribution in [0.4, 0.5) is 5.69 Å². The third-order valence-electron chi connectivity index (χ3n) is 5.78. The van der Waals surface area contributed by atoms with Gasteiger partial charge in [-0.1, -0.05) is 24.3 Å². The Morgan fingerprint density at radius 1 is 0.938 bits per heavy atom. The number of fused-ring (bicyclic) bond motifs is 1. The number of amides is 1. The lowest BCUT2D eigenvalue weighted by Crippen LogP contribution is -2.50. The second kappa shape index (κ2) is 9.60. The highest BCUT2D eigenvalue weighted by molar-refractivity contribution is 6.01. The maximum Gasteiger partial charge on any atom is 0.260 e. The third-order valence-corrected chi connectivity index (χ3v) is 5.78. The molecule has 1 N–H and O–H groups in total. The van der Waals surface area contributed by atoms with Gasteiger partial charge in [0.1, 0.15) is 17.2 Å². The minimum atomic E-state index is -0.0356. The van der Waals surface area contributed by atoms with Crippen molar-refractivity contribution in [1.82, 2.24) is 4.90 Å². The van der Waals surface area contributed by atoms with Crippen molar-refractivity contribution in [3.8, 4) is 17.2 Å². The Morgan fingerprint density at radius 3 is 2.38 bits per heavy atom. The molecule has 0 spiro atoms. The number of ether oxygens (including phenoxy) is 3. The number of methoxy groups -OCH3 is 2. The molecule has 1 amide bonds. The molecule has 0 unspecified atom stereocenters. The van der Waals surface area contributed by atoms with E-state index >= 15 is 0 Å². The van der Waals surface area contributed by atoms with Gasteiger partial charge in [-0.3, -0.25) is 4.79 Å². The summed E-state index contributed by atoms with van der Waals surface area (Å²) in [5.74, 6) is 2.12. The molecule has 3 aromatic rings. The van der Waals surface area contributed by atoms with Gasteiger partial charge in [-0.25, -0.2) is 0 Å². The summed E-state index contributed by atoms with van der Waals surface area (Å²) >= 11 is 0. The van der Waals surface area contributed by atoms with Gasteiger partial charge in [0, 0.05) is 49.4 Å². The molecular weight excluding hydrogens is 406 g/mol. The van der Waals surface area contributed by atoms with Crippen molar-refractivity contribution in [2.24, 2.45) is 0 Å². The van der Waals surface area contributed by atoms with Crippen molar-refractivity contribution in [3.63, 3.8) is 0 Å². The molecule has 4 rings (SSSR count). The first-order chi connectivity index (χ1) is 15.6. The number of rotatable bonds is 7. The second-order valence-electron chi connectivity index (χ2n) is 7.54. The third kappa shape index (κ3) is 4.32. The van der Waals surface area contributed by atoms with Crippen LogP contribution >= 0.6 is 0 Å². The summed E-state index contributed by atoms with van der Waals surface area (Å²) in [7, 11) is 3.28. The van der Waals surface area contributed by atoms with Gasteiger partial charge in [0.2, 0.25) is 0 Å². The van der Waals surface area contributed by atoms with Crippen LogP contribution in [0.3, 0.4) is 0 Å². The monoisotopic (exact) mass is 433 g/mol. The highest BCUT2D eigenvalue weighted by atomic mass is 16.5. The number of anilines is 1. The Morgan fingerprint density at radius 2 is 1.69 bits per heavy atom.